The van der Waals surface area contributed by atoms with Gasteiger partial charge in [0, 0.05) is 17.0 Å². The number of halogens is 4. The van der Waals surface area contributed by atoms with Crippen LogP contribution in [0, 0.1) is 11.6 Å². The second-order valence-electron chi connectivity index (χ2n) is 4.82. The first kappa shape index (κ1) is 14.8. The number of ether oxygens (including phenoxy) is 1. The first-order chi connectivity index (χ1) is 10.0. The summed E-state index contributed by atoms with van der Waals surface area (Å²) in [6.07, 6.45) is 0.684. The van der Waals surface area contributed by atoms with Crippen LogP contribution in [0.15, 0.2) is 39.3 Å². The summed E-state index contributed by atoms with van der Waals surface area (Å²) in [4.78, 5) is 0. The van der Waals surface area contributed by atoms with E-state index in [1.165, 1.54) is 6.07 Å². The average molecular weight is 419 g/mol. The zero-order valence-electron chi connectivity index (χ0n) is 10.8. The molecule has 6 heteroatoms. The number of nitrogens with one attached hydrogen (secondary N) is 1. The number of hydrogen-bond acceptors (Lipinski definition) is 2. The second-order valence-corrected chi connectivity index (χ2v) is 6.59. The third kappa shape index (κ3) is 3.21. The van der Waals surface area contributed by atoms with Crippen LogP contribution in [0.3, 0.4) is 0 Å². The molecular weight excluding hydrogens is 408 g/mol. The van der Waals surface area contributed by atoms with Gasteiger partial charge in [0.1, 0.15) is 23.5 Å². The summed E-state index contributed by atoms with van der Waals surface area (Å²) in [7, 11) is 0. The van der Waals surface area contributed by atoms with Crippen molar-refractivity contribution in [1.82, 2.24) is 0 Å². The van der Waals surface area contributed by atoms with Crippen LogP contribution in [-0.2, 0) is 6.42 Å². The minimum Gasteiger partial charge on any atom is -0.488 e. The zero-order chi connectivity index (χ0) is 15.0. The number of fused-ring (bicyclic) bond motifs is 1. The molecule has 1 aliphatic rings. The molecule has 21 heavy (non-hydrogen) atoms. The predicted octanol–water partition coefficient (Wildman–Crippen LogP) is 4.91. The highest BCUT2D eigenvalue weighted by Crippen LogP contribution is 2.31. The van der Waals surface area contributed by atoms with E-state index < -0.39 is 11.6 Å². The van der Waals surface area contributed by atoms with E-state index >= 15 is 0 Å². The topological polar surface area (TPSA) is 21.3 Å². The standard InChI is InChI=1S/C15H11Br2F2NO/c16-9-1-2-15-8(3-9)4-10(21-15)7-20-14-5-11(17)12(18)6-13(14)19/h1-3,5-6,10,20H,4,7H2. The molecule has 1 atom stereocenters. The summed E-state index contributed by atoms with van der Waals surface area (Å²) >= 11 is 6.47. The third-order valence-electron chi connectivity index (χ3n) is 3.29. The van der Waals surface area contributed by atoms with Crippen molar-refractivity contribution in [3.8, 4) is 5.75 Å². The van der Waals surface area contributed by atoms with Gasteiger partial charge < -0.3 is 10.1 Å². The van der Waals surface area contributed by atoms with Crippen molar-refractivity contribution >= 4 is 37.5 Å². The number of rotatable bonds is 3. The Morgan fingerprint density at radius 1 is 1.14 bits per heavy atom. The Balaban J connectivity index is 1.66. The third-order valence-corrected chi connectivity index (χ3v) is 4.39. The highest BCUT2D eigenvalue weighted by molar-refractivity contribution is 9.10. The van der Waals surface area contributed by atoms with Gasteiger partial charge in [0.05, 0.1) is 16.7 Å². The van der Waals surface area contributed by atoms with E-state index in [2.05, 4.69) is 37.2 Å². The molecule has 0 aliphatic carbocycles. The van der Waals surface area contributed by atoms with Crippen LogP contribution in [0.1, 0.15) is 5.56 Å². The molecule has 0 spiro atoms. The smallest absolute Gasteiger partial charge is 0.149 e. The van der Waals surface area contributed by atoms with Crippen molar-refractivity contribution in [2.75, 3.05) is 11.9 Å². The van der Waals surface area contributed by atoms with Crippen molar-refractivity contribution in [2.24, 2.45) is 0 Å². The van der Waals surface area contributed by atoms with Crippen LogP contribution in [0.2, 0.25) is 0 Å². The van der Waals surface area contributed by atoms with Crippen LogP contribution in [0.25, 0.3) is 0 Å². The molecular formula is C15H11Br2F2NO. The number of hydrogen-bond donors (Lipinski definition) is 1. The first-order valence-corrected chi connectivity index (χ1v) is 7.95. The van der Waals surface area contributed by atoms with Crippen molar-refractivity contribution in [2.45, 2.75) is 12.5 Å². The van der Waals surface area contributed by atoms with Gasteiger partial charge >= 0.3 is 0 Å². The molecule has 0 bridgehead atoms. The maximum atomic E-state index is 13.6. The number of benzene rings is 2. The lowest BCUT2D eigenvalue weighted by Crippen LogP contribution is -2.24. The Labute approximate surface area is 137 Å². The van der Waals surface area contributed by atoms with E-state index in [0.717, 1.165) is 28.3 Å². The molecule has 2 aromatic carbocycles. The van der Waals surface area contributed by atoms with Crippen LogP contribution in [0.5, 0.6) is 5.75 Å². The second kappa shape index (κ2) is 5.93. The van der Waals surface area contributed by atoms with Crippen LogP contribution in [-0.4, -0.2) is 12.6 Å². The Morgan fingerprint density at radius 2 is 1.95 bits per heavy atom. The minimum atomic E-state index is -0.618. The first-order valence-electron chi connectivity index (χ1n) is 6.36. The zero-order valence-corrected chi connectivity index (χ0v) is 14.0. The minimum absolute atomic E-state index is 0.0717. The summed E-state index contributed by atoms with van der Waals surface area (Å²) in [5.74, 6) is -0.382. The monoisotopic (exact) mass is 417 g/mol. The van der Waals surface area contributed by atoms with Crippen molar-refractivity contribution in [3.05, 3.63) is 56.5 Å². The Hall–Kier alpha value is -1.14. The Morgan fingerprint density at radius 3 is 2.76 bits per heavy atom. The highest BCUT2D eigenvalue weighted by atomic mass is 79.9. The van der Waals surface area contributed by atoms with Gasteiger partial charge in [0.25, 0.3) is 0 Å². The molecule has 3 rings (SSSR count). The summed E-state index contributed by atoms with van der Waals surface area (Å²) in [5, 5.41) is 2.96. The molecule has 1 unspecified atom stereocenters. The predicted molar refractivity (Wildman–Crippen MR) is 84.8 cm³/mol. The Bertz CT molecular complexity index is 694. The van der Waals surface area contributed by atoms with E-state index in [0.29, 0.717) is 6.54 Å². The van der Waals surface area contributed by atoms with E-state index in [-0.39, 0.29) is 16.3 Å². The lowest BCUT2D eigenvalue weighted by Gasteiger charge is -2.14. The lowest BCUT2D eigenvalue weighted by molar-refractivity contribution is 0.246. The highest BCUT2D eigenvalue weighted by Gasteiger charge is 2.23. The molecule has 1 aliphatic heterocycles. The molecule has 2 aromatic rings. The molecule has 0 fully saturated rings. The molecule has 0 radical (unpaired) electrons. The molecule has 1 heterocycles. The molecule has 0 saturated carbocycles. The Kier molecular flexibility index (Phi) is 4.17. The summed E-state index contributed by atoms with van der Waals surface area (Å²) in [5.41, 5.74) is 1.38. The fourth-order valence-electron chi connectivity index (χ4n) is 2.28. The van der Waals surface area contributed by atoms with Crippen LogP contribution >= 0.6 is 31.9 Å². The average Bonchev–Trinajstić information content (AvgIpc) is 2.83. The maximum Gasteiger partial charge on any atom is 0.149 e. The SMILES string of the molecule is Fc1cc(F)c(NCC2Cc3cc(Br)ccc3O2)cc1Br. The van der Waals surface area contributed by atoms with Gasteiger partial charge in [-0.1, -0.05) is 15.9 Å². The van der Waals surface area contributed by atoms with E-state index in [1.807, 2.05) is 18.2 Å². The quantitative estimate of drug-likeness (QED) is 0.715. The molecule has 0 aromatic heterocycles. The number of anilines is 1. The summed E-state index contributed by atoms with van der Waals surface area (Å²) in [6, 6.07) is 8.10. The van der Waals surface area contributed by atoms with Gasteiger partial charge in [-0.3, -0.25) is 0 Å². The summed E-state index contributed by atoms with van der Waals surface area (Å²) < 4.78 is 33.8. The van der Waals surface area contributed by atoms with Gasteiger partial charge in [-0.05, 0) is 45.8 Å². The van der Waals surface area contributed by atoms with E-state index in [4.69, 9.17) is 4.74 Å². The summed E-state index contributed by atoms with van der Waals surface area (Å²) in [6.45, 7) is 0.446. The fourth-order valence-corrected chi connectivity index (χ4v) is 3.04. The van der Waals surface area contributed by atoms with E-state index in [1.54, 1.807) is 0 Å². The van der Waals surface area contributed by atoms with Gasteiger partial charge in [-0.2, -0.15) is 0 Å². The molecule has 0 amide bonds. The van der Waals surface area contributed by atoms with Gasteiger partial charge in [0.2, 0.25) is 0 Å². The van der Waals surface area contributed by atoms with Crippen molar-refractivity contribution in [1.29, 1.82) is 0 Å². The van der Waals surface area contributed by atoms with Crippen LogP contribution < -0.4 is 10.1 Å². The fraction of sp³-hybridized carbons (Fsp3) is 0.200. The van der Waals surface area contributed by atoms with Crippen LogP contribution in [0.4, 0.5) is 14.5 Å². The molecule has 0 saturated heterocycles. The van der Waals surface area contributed by atoms with Crippen molar-refractivity contribution < 1.29 is 13.5 Å². The van der Waals surface area contributed by atoms with Gasteiger partial charge in [-0.25, -0.2) is 8.78 Å². The van der Waals surface area contributed by atoms with E-state index in [9.17, 15) is 8.78 Å². The maximum absolute atomic E-state index is 13.6. The molecule has 110 valence electrons. The normalized spacial score (nSPS) is 16.5. The van der Waals surface area contributed by atoms with Crippen molar-refractivity contribution in [3.63, 3.8) is 0 Å². The van der Waals surface area contributed by atoms with Gasteiger partial charge in [-0.15, -0.1) is 0 Å². The van der Waals surface area contributed by atoms with Gasteiger partial charge in [0.15, 0.2) is 0 Å². The molecule has 2 nitrogen and oxygen atoms in total. The lowest BCUT2D eigenvalue weighted by atomic mass is 10.1. The largest absolute Gasteiger partial charge is 0.488 e. The molecule has 1 N–H and O–H groups in total.